The molecule has 0 aliphatic heterocycles. The Bertz CT molecular complexity index is 1180. The molecule has 57 heavy (non-hydrogen) atoms. The molecule has 0 heterocycles. The molecular weight excluding hydrogens is 709 g/mol. The summed E-state index contributed by atoms with van der Waals surface area (Å²) in [4.78, 5) is 37.7. The molecule has 1 atom stereocenters. The number of carbonyl (C=O) groups is 3. The maximum Gasteiger partial charge on any atom is 0.306 e. The first-order valence-electron chi connectivity index (χ1n) is 22.7. The third-order valence-corrected chi connectivity index (χ3v) is 9.07. The van der Waals surface area contributed by atoms with Crippen LogP contribution in [-0.4, -0.2) is 37.2 Å². The largest absolute Gasteiger partial charge is 0.462 e. The number of rotatable bonds is 39. The van der Waals surface area contributed by atoms with Crippen molar-refractivity contribution in [3.8, 4) is 0 Å². The van der Waals surface area contributed by atoms with Crippen LogP contribution in [0.1, 0.15) is 188 Å². The second kappa shape index (κ2) is 45.0. The summed E-state index contributed by atoms with van der Waals surface area (Å²) in [5.74, 6) is -1.05. The molecule has 0 fully saturated rings. The Morgan fingerprint density at radius 3 is 1.21 bits per heavy atom. The summed E-state index contributed by atoms with van der Waals surface area (Å²) in [6.45, 7) is 6.26. The average molecular weight is 791 g/mol. The van der Waals surface area contributed by atoms with Gasteiger partial charge in [-0.3, -0.25) is 14.4 Å². The Kier molecular flexibility index (Phi) is 42.1. The monoisotopic (exact) mass is 791 g/mol. The Balaban J connectivity index is 4.56. The summed E-state index contributed by atoms with van der Waals surface area (Å²) in [5.41, 5.74) is 0. The molecule has 0 saturated carbocycles. The van der Waals surface area contributed by atoms with E-state index >= 15 is 0 Å². The highest BCUT2D eigenvalue weighted by molar-refractivity contribution is 5.71. The molecule has 6 nitrogen and oxygen atoms in total. The molecule has 0 radical (unpaired) electrons. The lowest BCUT2D eigenvalue weighted by Gasteiger charge is -2.18. The molecule has 0 aromatic heterocycles. The summed E-state index contributed by atoms with van der Waals surface area (Å²) >= 11 is 0. The molecule has 0 aromatic rings. The van der Waals surface area contributed by atoms with E-state index < -0.39 is 6.10 Å². The molecule has 0 aliphatic carbocycles. The Labute approximate surface area is 349 Å². The number of hydrogen-bond donors (Lipinski definition) is 0. The predicted octanol–water partition coefficient (Wildman–Crippen LogP) is 14.6. The van der Waals surface area contributed by atoms with Crippen molar-refractivity contribution >= 4 is 17.9 Å². The van der Waals surface area contributed by atoms with E-state index in [0.717, 1.165) is 96.3 Å². The Morgan fingerprint density at radius 1 is 0.368 bits per heavy atom. The van der Waals surface area contributed by atoms with Crippen molar-refractivity contribution in [1.29, 1.82) is 0 Å². The summed E-state index contributed by atoms with van der Waals surface area (Å²) in [6, 6.07) is 0. The van der Waals surface area contributed by atoms with Gasteiger partial charge in [-0.15, -0.1) is 0 Å². The van der Waals surface area contributed by atoms with Crippen LogP contribution in [0, 0.1) is 0 Å². The zero-order valence-electron chi connectivity index (χ0n) is 36.6. The fourth-order valence-corrected chi connectivity index (χ4v) is 5.70. The van der Waals surface area contributed by atoms with Crippen molar-refractivity contribution < 1.29 is 28.6 Å². The van der Waals surface area contributed by atoms with Gasteiger partial charge >= 0.3 is 17.9 Å². The Hall–Kier alpha value is -3.67. The number of ether oxygens (including phenoxy) is 3. The van der Waals surface area contributed by atoms with E-state index in [1.54, 1.807) is 0 Å². The van der Waals surface area contributed by atoms with Gasteiger partial charge in [-0.25, -0.2) is 0 Å². The minimum Gasteiger partial charge on any atom is -0.462 e. The van der Waals surface area contributed by atoms with Crippen LogP contribution < -0.4 is 0 Å². The molecule has 0 amide bonds. The topological polar surface area (TPSA) is 78.9 Å². The first-order valence-corrected chi connectivity index (χ1v) is 22.7. The minimum atomic E-state index is -0.823. The molecular formula is C51H82O6. The molecule has 0 saturated heterocycles. The summed E-state index contributed by atoms with van der Waals surface area (Å²) in [5, 5.41) is 0. The van der Waals surface area contributed by atoms with E-state index in [-0.39, 0.29) is 44.0 Å². The SMILES string of the molecule is CC/C=C\C/C=C\C/C=C\C/C=C\CCC(=O)OCC(COC(=O)CCCCCCC/C=C\CCCCCC)OC(=O)CCCCC/C=C\C/C=C\C/C=C\CC. The normalized spacial score (nSPS) is 13.0. The van der Waals surface area contributed by atoms with Gasteiger partial charge in [0.15, 0.2) is 6.10 Å². The van der Waals surface area contributed by atoms with Crippen LogP contribution in [0.5, 0.6) is 0 Å². The van der Waals surface area contributed by atoms with Gasteiger partial charge in [0.2, 0.25) is 0 Å². The van der Waals surface area contributed by atoms with E-state index in [0.29, 0.717) is 19.3 Å². The first-order chi connectivity index (χ1) is 28.0. The van der Waals surface area contributed by atoms with Gasteiger partial charge in [0, 0.05) is 19.3 Å². The molecule has 6 heteroatoms. The highest BCUT2D eigenvalue weighted by atomic mass is 16.6. The lowest BCUT2D eigenvalue weighted by Crippen LogP contribution is -2.30. The standard InChI is InChI=1S/C51H82O6/c1-4-7-10-13-16-19-22-25-28-31-34-37-40-43-49(52)55-46-48(57-51(54)45-42-39-36-33-30-27-24-21-18-15-12-9-6-3)47-56-50(53)44-41-38-35-32-29-26-23-20-17-14-11-8-5-2/h7,9-10,12,16,18-21,23,25,27-28,30,34,37,48H,4-6,8,11,13-15,17,22,24,26,29,31-33,35-36,38-47H2,1-3H3/b10-7-,12-9-,19-16-,21-18-,23-20-,28-25-,30-27-,37-34-. The quantitative estimate of drug-likeness (QED) is 0.0267. The summed E-state index contributed by atoms with van der Waals surface area (Å²) in [7, 11) is 0. The van der Waals surface area contributed by atoms with Gasteiger partial charge in [-0.05, 0) is 103 Å². The van der Waals surface area contributed by atoms with Crippen LogP contribution in [0.15, 0.2) is 97.2 Å². The van der Waals surface area contributed by atoms with E-state index in [4.69, 9.17) is 14.2 Å². The lowest BCUT2D eigenvalue weighted by molar-refractivity contribution is -0.166. The maximum absolute atomic E-state index is 12.7. The number of allylic oxidation sites excluding steroid dienone is 16. The zero-order valence-corrected chi connectivity index (χ0v) is 36.6. The number of unbranched alkanes of at least 4 members (excludes halogenated alkanes) is 12. The van der Waals surface area contributed by atoms with Crippen LogP contribution in [0.25, 0.3) is 0 Å². The van der Waals surface area contributed by atoms with Gasteiger partial charge in [-0.2, -0.15) is 0 Å². The van der Waals surface area contributed by atoms with Crippen molar-refractivity contribution in [1.82, 2.24) is 0 Å². The molecule has 0 aliphatic rings. The van der Waals surface area contributed by atoms with Gasteiger partial charge < -0.3 is 14.2 Å². The van der Waals surface area contributed by atoms with Gasteiger partial charge in [0.25, 0.3) is 0 Å². The highest BCUT2D eigenvalue weighted by Crippen LogP contribution is 2.11. The van der Waals surface area contributed by atoms with E-state index in [9.17, 15) is 14.4 Å². The van der Waals surface area contributed by atoms with Crippen LogP contribution in [0.4, 0.5) is 0 Å². The fourth-order valence-electron chi connectivity index (χ4n) is 5.70. The zero-order chi connectivity index (χ0) is 41.5. The second-order valence-corrected chi connectivity index (χ2v) is 14.5. The molecule has 0 bridgehead atoms. The van der Waals surface area contributed by atoms with Crippen molar-refractivity contribution in [2.45, 2.75) is 194 Å². The van der Waals surface area contributed by atoms with E-state index in [1.165, 1.54) is 38.5 Å². The highest BCUT2D eigenvalue weighted by Gasteiger charge is 2.19. The van der Waals surface area contributed by atoms with Crippen LogP contribution in [0.3, 0.4) is 0 Å². The molecule has 0 spiro atoms. The third kappa shape index (κ3) is 43.3. The number of carbonyl (C=O) groups excluding carboxylic acids is 3. The minimum absolute atomic E-state index is 0.117. The van der Waals surface area contributed by atoms with E-state index in [2.05, 4.69) is 106 Å². The summed E-state index contributed by atoms with van der Waals surface area (Å²) in [6.07, 6.45) is 58.3. The fraction of sp³-hybridized carbons (Fsp3) is 0.627. The van der Waals surface area contributed by atoms with Crippen LogP contribution in [-0.2, 0) is 28.6 Å². The molecule has 0 N–H and O–H groups in total. The van der Waals surface area contributed by atoms with Crippen molar-refractivity contribution in [2.75, 3.05) is 13.2 Å². The predicted molar refractivity (Wildman–Crippen MR) is 242 cm³/mol. The first kappa shape index (κ1) is 53.3. The third-order valence-electron chi connectivity index (χ3n) is 9.07. The van der Waals surface area contributed by atoms with Gasteiger partial charge in [0.1, 0.15) is 13.2 Å². The van der Waals surface area contributed by atoms with Gasteiger partial charge in [-0.1, -0.05) is 163 Å². The number of hydrogen-bond acceptors (Lipinski definition) is 6. The van der Waals surface area contributed by atoms with Crippen molar-refractivity contribution in [3.63, 3.8) is 0 Å². The van der Waals surface area contributed by atoms with Crippen LogP contribution in [0.2, 0.25) is 0 Å². The molecule has 322 valence electrons. The van der Waals surface area contributed by atoms with Crippen molar-refractivity contribution in [3.05, 3.63) is 97.2 Å². The molecule has 1 unspecified atom stereocenters. The van der Waals surface area contributed by atoms with Crippen LogP contribution >= 0.6 is 0 Å². The van der Waals surface area contributed by atoms with E-state index in [1.807, 2.05) is 12.2 Å². The lowest BCUT2D eigenvalue weighted by atomic mass is 10.1. The van der Waals surface area contributed by atoms with Crippen molar-refractivity contribution in [2.24, 2.45) is 0 Å². The maximum atomic E-state index is 12.7. The average Bonchev–Trinajstić information content (AvgIpc) is 3.21. The number of esters is 3. The molecule has 0 aromatic carbocycles. The Morgan fingerprint density at radius 2 is 0.719 bits per heavy atom. The summed E-state index contributed by atoms with van der Waals surface area (Å²) < 4.78 is 16.6. The molecule has 0 rings (SSSR count). The second-order valence-electron chi connectivity index (χ2n) is 14.5. The smallest absolute Gasteiger partial charge is 0.306 e. The van der Waals surface area contributed by atoms with Gasteiger partial charge in [0.05, 0.1) is 0 Å².